The SMILES string of the molecule is CC(NCC1(N(C)C)CCC1)c1cccc(C#N)c1. The maximum Gasteiger partial charge on any atom is 0.0991 e. The Labute approximate surface area is 116 Å². The fourth-order valence-corrected chi connectivity index (χ4v) is 2.71. The Hall–Kier alpha value is -1.37. The second-order valence-electron chi connectivity index (χ2n) is 5.81. The van der Waals surface area contributed by atoms with Crippen molar-refractivity contribution >= 4 is 0 Å². The van der Waals surface area contributed by atoms with Gasteiger partial charge in [0, 0.05) is 18.1 Å². The Kier molecular flexibility index (Phi) is 4.24. The second-order valence-corrected chi connectivity index (χ2v) is 5.81. The average Bonchev–Trinajstić information content (AvgIpc) is 2.37. The minimum atomic E-state index is 0.283. The lowest BCUT2D eigenvalue weighted by molar-refractivity contribution is 0.0576. The van der Waals surface area contributed by atoms with Crippen LogP contribution in [0.1, 0.15) is 43.4 Å². The van der Waals surface area contributed by atoms with Gasteiger partial charge in [0.25, 0.3) is 0 Å². The van der Waals surface area contributed by atoms with E-state index in [2.05, 4.69) is 43.4 Å². The summed E-state index contributed by atoms with van der Waals surface area (Å²) in [7, 11) is 4.34. The van der Waals surface area contributed by atoms with E-state index < -0.39 is 0 Å². The Morgan fingerprint density at radius 2 is 2.16 bits per heavy atom. The zero-order valence-corrected chi connectivity index (χ0v) is 12.1. The van der Waals surface area contributed by atoms with Gasteiger partial charge in [-0.1, -0.05) is 12.1 Å². The van der Waals surface area contributed by atoms with E-state index in [9.17, 15) is 0 Å². The Balaban J connectivity index is 1.97. The molecule has 0 spiro atoms. The summed E-state index contributed by atoms with van der Waals surface area (Å²) < 4.78 is 0. The molecule has 1 unspecified atom stereocenters. The highest BCUT2D eigenvalue weighted by Crippen LogP contribution is 2.35. The van der Waals surface area contributed by atoms with Crippen molar-refractivity contribution < 1.29 is 0 Å². The van der Waals surface area contributed by atoms with E-state index in [0.29, 0.717) is 5.54 Å². The minimum absolute atomic E-state index is 0.283. The zero-order chi connectivity index (χ0) is 13.9. The number of hydrogen-bond acceptors (Lipinski definition) is 3. The topological polar surface area (TPSA) is 39.1 Å². The van der Waals surface area contributed by atoms with Crippen molar-refractivity contribution in [3.8, 4) is 6.07 Å². The lowest BCUT2D eigenvalue weighted by Crippen LogP contribution is -2.56. The van der Waals surface area contributed by atoms with Crippen molar-refractivity contribution in [1.29, 1.82) is 5.26 Å². The zero-order valence-electron chi connectivity index (χ0n) is 12.1. The van der Waals surface area contributed by atoms with Crippen LogP contribution in [0.5, 0.6) is 0 Å². The van der Waals surface area contributed by atoms with Crippen molar-refractivity contribution in [2.75, 3.05) is 20.6 Å². The van der Waals surface area contributed by atoms with Gasteiger partial charge in [-0.05, 0) is 58.0 Å². The van der Waals surface area contributed by atoms with Gasteiger partial charge in [-0.15, -0.1) is 0 Å². The number of nitrogens with zero attached hydrogens (tertiary/aromatic N) is 2. The molecule has 0 saturated heterocycles. The molecule has 3 heteroatoms. The average molecular weight is 257 g/mol. The van der Waals surface area contributed by atoms with Gasteiger partial charge >= 0.3 is 0 Å². The maximum atomic E-state index is 8.95. The molecule has 1 aromatic rings. The standard InChI is InChI=1S/C16H23N3/c1-13(15-7-4-6-14(10-15)11-17)18-12-16(19(2)3)8-5-9-16/h4,6-7,10,13,18H,5,8-9,12H2,1-3H3. The van der Waals surface area contributed by atoms with Crippen molar-refractivity contribution in [2.24, 2.45) is 0 Å². The molecule has 19 heavy (non-hydrogen) atoms. The molecule has 1 N–H and O–H groups in total. The van der Waals surface area contributed by atoms with Gasteiger partial charge in [0.05, 0.1) is 11.6 Å². The number of nitriles is 1. The molecule has 1 aliphatic rings. The minimum Gasteiger partial charge on any atom is -0.308 e. The molecule has 1 aliphatic carbocycles. The molecule has 0 bridgehead atoms. The number of rotatable bonds is 5. The molecule has 3 nitrogen and oxygen atoms in total. The van der Waals surface area contributed by atoms with Crippen molar-refractivity contribution in [1.82, 2.24) is 10.2 Å². The summed E-state index contributed by atoms with van der Waals surface area (Å²) >= 11 is 0. The predicted molar refractivity (Wildman–Crippen MR) is 77.8 cm³/mol. The van der Waals surface area contributed by atoms with Gasteiger partial charge in [0.15, 0.2) is 0 Å². The molecular formula is C16H23N3. The third-order valence-corrected chi connectivity index (χ3v) is 4.49. The summed E-state index contributed by atoms with van der Waals surface area (Å²) in [5.74, 6) is 0. The lowest BCUT2D eigenvalue weighted by Gasteiger charge is -2.48. The molecule has 0 aromatic heterocycles. The van der Waals surface area contributed by atoms with Crippen molar-refractivity contribution in [3.05, 3.63) is 35.4 Å². The molecule has 0 radical (unpaired) electrons. The van der Waals surface area contributed by atoms with Gasteiger partial charge in [-0.2, -0.15) is 5.26 Å². The normalized spacial score (nSPS) is 18.7. The molecule has 1 saturated carbocycles. The Morgan fingerprint density at radius 1 is 1.42 bits per heavy atom. The van der Waals surface area contributed by atoms with Crippen LogP contribution in [0, 0.1) is 11.3 Å². The summed E-state index contributed by atoms with van der Waals surface area (Å²) in [6.07, 6.45) is 3.88. The highest BCUT2D eigenvalue weighted by atomic mass is 15.2. The van der Waals surface area contributed by atoms with Gasteiger partial charge in [0.1, 0.15) is 0 Å². The first kappa shape index (κ1) is 14.0. The fourth-order valence-electron chi connectivity index (χ4n) is 2.71. The van der Waals surface area contributed by atoms with E-state index in [1.807, 2.05) is 18.2 Å². The summed E-state index contributed by atoms with van der Waals surface area (Å²) in [5.41, 5.74) is 2.26. The van der Waals surface area contributed by atoms with E-state index in [1.54, 1.807) is 0 Å². The number of benzene rings is 1. The summed E-state index contributed by atoms with van der Waals surface area (Å²) in [4.78, 5) is 2.35. The summed E-state index contributed by atoms with van der Waals surface area (Å²) in [6.45, 7) is 3.18. The van der Waals surface area contributed by atoms with E-state index in [-0.39, 0.29) is 6.04 Å². The van der Waals surface area contributed by atoms with Crippen LogP contribution in [-0.2, 0) is 0 Å². The van der Waals surface area contributed by atoms with E-state index in [1.165, 1.54) is 24.8 Å². The highest BCUT2D eigenvalue weighted by Gasteiger charge is 2.38. The van der Waals surface area contributed by atoms with Gasteiger partial charge < -0.3 is 10.2 Å². The van der Waals surface area contributed by atoms with Gasteiger partial charge in [-0.3, -0.25) is 0 Å². The largest absolute Gasteiger partial charge is 0.308 e. The summed E-state index contributed by atoms with van der Waals surface area (Å²) in [5, 5.41) is 12.6. The summed E-state index contributed by atoms with van der Waals surface area (Å²) in [6, 6.07) is 10.3. The maximum absolute atomic E-state index is 8.95. The van der Waals surface area contributed by atoms with Crippen LogP contribution in [0.3, 0.4) is 0 Å². The van der Waals surface area contributed by atoms with E-state index in [4.69, 9.17) is 5.26 Å². The quantitative estimate of drug-likeness (QED) is 0.881. The predicted octanol–water partition coefficient (Wildman–Crippen LogP) is 2.69. The van der Waals surface area contributed by atoms with Crippen molar-refractivity contribution in [3.63, 3.8) is 0 Å². The first-order valence-electron chi connectivity index (χ1n) is 6.98. The number of nitrogens with one attached hydrogen (secondary N) is 1. The van der Waals surface area contributed by atoms with Gasteiger partial charge in [0.2, 0.25) is 0 Å². The number of likely N-dealkylation sites (N-methyl/N-ethyl adjacent to an activating group) is 1. The molecule has 1 atom stereocenters. The van der Waals surface area contributed by atoms with Gasteiger partial charge in [-0.25, -0.2) is 0 Å². The van der Waals surface area contributed by atoms with Crippen LogP contribution in [0.15, 0.2) is 24.3 Å². The van der Waals surface area contributed by atoms with Crippen LogP contribution in [0.4, 0.5) is 0 Å². The van der Waals surface area contributed by atoms with Crippen LogP contribution in [0.2, 0.25) is 0 Å². The second kappa shape index (κ2) is 5.73. The van der Waals surface area contributed by atoms with E-state index >= 15 is 0 Å². The van der Waals surface area contributed by atoms with Crippen LogP contribution in [-0.4, -0.2) is 31.1 Å². The smallest absolute Gasteiger partial charge is 0.0991 e. The Morgan fingerprint density at radius 3 is 2.68 bits per heavy atom. The van der Waals surface area contributed by atoms with E-state index in [0.717, 1.165) is 12.1 Å². The fraction of sp³-hybridized carbons (Fsp3) is 0.562. The molecule has 1 aromatic carbocycles. The first-order valence-corrected chi connectivity index (χ1v) is 6.98. The lowest BCUT2D eigenvalue weighted by atomic mass is 9.75. The van der Waals surface area contributed by atoms with Crippen LogP contribution in [0.25, 0.3) is 0 Å². The number of hydrogen-bond donors (Lipinski definition) is 1. The van der Waals surface area contributed by atoms with Crippen LogP contribution < -0.4 is 5.32 Å². The van der Waals surface area contributed by atoms with Crippen molar-refractivity contribution in [2.45, 2.75) is 37.8 Å². The highest BCUT2D eigenvalue weighted by molar-refractivity contribution is 5.34. The van der Waals surface area contributed by atoms with Crippen LogP contribution >= 0.6 is 0 Å². The third kappa shape index (κ3) is 2.97. The molecule has 102 valence electrons. The molecule has 0 amide bonds. The third-order valence-electron chi connectivity index (χ3n) is 4.49. The molecule has 0 aliphatic heterocycles. The monoisotopic (exact) mass is 257 g/mol. The Bertz CT molecular complexity index is 469. The molecule has 1 fully saturated rings. The molecule has 0 heterocycles. The molecule has 2 rings (SSSR count). The molecular weight excluding hydrogens is 234 g/mol. The first-order chi connectivity index (χ1) is 9.07.